The van der Waals surface area contributed by atoms with E-state index in [1.807, 2.05) is 60.7 Å². The first kappa shape index (κ1) is 58.8. The van der Waals surface area contributed by atoms with E-state index in [0.717, 1.165) is 94.0 Å². The van der Waals surface area contributed by atoms with Gasteiger partial charge < -0.3 is 4.28 Å². The molecule has 0 radical (unpaired) electrons. The number of aryl methyl sites for hydroxylation is 2. The van der Waals surface area contributed by atoms with Crippen molar-refractivity contribution >= 4 is 155 Å². The average Bonchev–Trinajstić information content (AvgIpc) is 2.13. The second kappa shape index (κ2) is 22.8. The topological polar surface area (TPSA) is 241 Å². The molecule has 0 aliphatic carbocycles. The van der Waals surface area contributed by atoms with Crippen molar-refractivity contribution in [3.63, 3.8) is 0 Å². The van der Waals surface area contributed by atoms with Gasteiger partial charge in [-0.1, -0.05) is 0 Å². The first-order valence-corrected chi connectivity index (χ1v) is 33.0. The number of aliphatic imine (C=N–C) groups is 4. The van der Waals surface area contributed by atoms with Crippen molar-refractivity contribution in [2.75, 3.05) is 0 Å². The van der Waals surface area contributed by atoms with E-state index in [1.165, 1.54) is 12.1 Å². The van der Waals surface area contributed by atoms with Crippen molar-refractivity contribution in [3.8, 4) is 0 Å². The van der Waals surface area contributed by atoms with Crippen LogP contribution in [0, 0.1) is 0 Å². The summed E-state index contributed by atoms with van der Waals surface area (Å²) < 4.78 is 88.3. The van der Waals surface area contributed by atoms with E-state index < -0.39 is 43.0 Å². The molecule has 0 amide bonds. The maximum Gasteiger partial charge on any atom is 1.00 e. The van der Waals surface area contributed by atoms with Crippen LogP contribution in [0.4, 0.5) is 11.6 Å². The van der Waals surface area contributed by atoms with Crippen molar-refractivity contribution in [2.45, 2.75) is 62.2 Å². The Bertz CT molecular complexity index is 4920. The van der Waals surface area contributed by atoms with Crippen molar-refractivity contribution in [1.82, 2.24) is 5.11 Å². The maximum atomic E-state index is 13.8. The van der Waals surface area contributed by atoms with Crippen LogP contribution >= 0.6 is 12.0 Å². The van der Waals surface area contributed by atoms with Crippen LogP contribution in [-0.4, -0.2) is 82.1 Å². The molecule has 6 heterocycles. The molecule has 0 spiro atoms. The predicted octanol–water partition coefficient (Wildman–Crippen LogP) is 2.06. The van der Waals surface area contributed by atoms with E-state index in [1.54, 1.807) is 17.2 Å². The Morgan fingerprint density at radius 1 is 0.506 bits per heavy atom. The van der Waals surface area contributed by atoms with Gasteiger partial charge in [0.2, 0.25) is 0 Å². The summed E-state index contributed by atoms with van der Waals surface area (Å²) in [5, 5.41) is 21.4. The monoisotopic (exact) mass is 1270 g/mol. The predicted molar refractivity (Wildman–Crippen MR) is 305 cm³/mol. The zero-order valence-corrected chi connectivity index (χ0v) is 56.1. The number of aromatic nitrogens is 2. The molecule has 3 N–H and O–H groups in total. The minimum atomic E-state index is -5.31. The van der Waals surface area contributed by atoms with Crippen LogP contribution in [0.3, 0.4) is 0 Å². The summed E-state index contributed by atoms with van der Waals surface area (Å²) in [5.74, 6) is 1.41. The Kier molecular flexibility index (Phi) is 16.6. The number of amidine groups is 4. The van der Waals surface area contributed by atoms with Crippen LogP contribution in [0.15, 0.2) is 161 Å². The second-order valence-corrected chi connectivity index (χ2v) is 29.4. The summed E-state index contributed by atoms with van der Waals surface area (Å²) in [7, 11) is -9.86. The second-order valence-electron chi connectivity index (χ2n) is 19.7. The maximum absolute atomic E-state index is 13.8. The molecule has 18 nitrogen and oxygen atoms in total. The van der Waals surface area contributed by atoms with Crippen LogP contribution in [0.1, 0.15) is 77.2 Å². The van der Waals surface area contributed by atoms with Gasteiger partial charge in [-0.15, -0.1) is 0 Å². The van der Waals surface area contributed by atoms with E-state index in [0.29, 0.717) is 59.5 Å². The third kappa shape index (κ3) is 10.5. The molecule has 0 fully saturated rings. The van der Waals surface area contributed by atoms with Crippen LogP contribution < -0.4 is 99.6 Å². The van der Waals surface area contributed by atoms with Crippen molar-refractivity contribution < 1.29 is 136 Å². The fourth-order valence-electron chi connectivity index (χ4n) is 11.2. The molecule has 4 aliphatic heterocycles. The first-order chi connectivity index (χ1) is 37.7. The molecule has 6 bridgehead atoms. The Morgan fingerprint density at radius 2 is 0.938 bits per heavy atom. The summed E-state index contributed by atoms with van der Waals surface area (Å²) in [5.41, 5.74) is 5.07. The summed E-state index contributed by atoms with van der Waals surface area (Å²) in [6.07, 6.45) is 5.72. The molecule has 0 saturated heterocycles. The molecule has 2 aromatic heterocycles. The van der Waals surface area contributed by atoms with Gasteiger partial charge in [0.05, 0.1) is 0 Å². The molecule has 0 atom stereocenters. The standard InChI is InChI=1S/C56H40N8O6S2.In.3Na.H2O4S.3H/c1-3-5-7-29-9-11-31-21-41-45(25-35(31)17-29)53-59-50(41)58-52-44-24-34-14-16-40(72(66,67)68)20-38(34)28-48(44)56(62-52)64-54-46-26-36-18-30(8-6-4-2)10-12-32(36)22-42(46)49(60-54)57-51-43-23-33-13-15-39(71-70-69-65)19-37(33)27-47(43)55(61-51)63-53;;;;;1-5(2,3)4;;;/h9-28H,3-8H2,1-2H3,(H2-2,57,58,59,60,61,62,63,64,65,66,67,68);;;;;(H2,1,2,3,4);;;/q-2;+3;3*+1;;3*-1/p-1. The molecule has 8 aromatic carbocycles. The van der Waals surface area contributed by atoms with Crippen molar-refractivity contribution in [1.29, 1.82) is 0 Å². The molecule has 10 aromatic rings. The van der Waals surface area contributed by atoms with E-state index in [4.69, 9.17) is 41.8 Å². The van der Waals surface area contributed by atoms with Gasteiger partial charge in [0, 0.05) is 0 Å². The third-order valence-electron chi connectivity index (χ3n) is 14.8. The van der Waals surface area contributed by atoms with Crippen molar-refractivity contribution in [3.05, 3.63) is 166 Å². The number of rotatable bonds is 12. The normalized spacial score (nSPS) is 14.1. The quantitative estimate of drug-likeness (QED) is 0.0526. The molecule has 0 saturated carbocycles. The number of benzene rings is 8. The fraction of sp³-hybridized carbons (Fsp3) is 0.143. The first-order valence-electron chi connectivity index (χ1n) is 25.1. The Morgan fingerprint density at radius 3 is 1.44 bits per heavy atom. The van der Waals surface area contributed by atoms with E-state index in [9.17, 15) is 25.9 Å². The smallest absolute Gasteiger partial charge is 1.00 e. The number of fused-ring (bicyclic) bond motifs is 18. The molecule has 392 valence electrons. The molecular weight excluding hydrogens is 1220 g/mol. The fourth-order valence-corrected chi connectivity index (χ4v) is 21.1. The molecule has 4 aliphatic rings. The van der Waals surface area contributed by atoms with Gasteiger partial charge in [-0.25, -0.2) is 5.26 Å². The minimum Gasteiger partial charge on any atom is -1.00 e. The molecule has 14 rings (SSSR count). The summed E-state index contributed by atoms with van der Waals surface area (Å²) in [6.45, 7) is 4.30. The van der Waals surface area contributed by atoms with Crippen LogP contribution in [0.5, 0.6) is 0 Å². The van der Waals surface area contributed by atoms with Crippen LogP contribution in [0.25, 0.3) is 64.6 Å². The minimum absolute atomic E-state index is 0. The third-order valence-corrected chi connectivity index (χ3v) is 25.5. The Labute approximate surface area is 546 Å². The van der Waals surface area contributed by atoms with Crippen LogP contribution in [-0.2, 0) is 45.0 Å². The number of hydrogen-bond acceptors (Lipinski definition) is 15. The van der Waals surface area contributed by atoms with E-state index in [2.05, 4.69) is 55.3 Å². The van der Waals surface area contributed by atoms with E-state index >= 15 is 0 Å². The Balaban J connectivity index is 0.00000153. The largest absolute Gasteiger partial charge is 1.00 e. The van der Waals surface area contributed by atoms with Gasteiger partial charge in [-0.3, -0.25) is 0 Å². The number of nitrogens with zero attached hydrogens (tertiary/aromatic N) is 8. The van der Waals surface area contributed by atoms with Gasteiger partial charge in [0.25, 0.3) is 0 Å². The van der Waals surface area contributed by atoms with E-state index in [-0.39, 0.29) is 144 Å². The average molecular weight is 1270 g/mol. The van der Waals surface area contributed by atoms with Gasteiger partial charge in [0.1, 0.15) is 0 Å². The Hall–Kier alpha value is -3.96. The van der Waals surface area contributed by atoms with Crippen LogP contribution in [0.2, 0.25) is 0 Å². The number of unbranched alkanes of at least 4 members (excludes halogenated alkanes) is 2. The zero-order valence-electron chi connectivity index (χ0n) is 47.4. The van der Waals surface area contributed by atoms with Gasteiger partial charge in [-0.05, 0) is 0 Å². The van der Waals surface area contributed by atoms with Gasteiger partial charge >= 0.3 is 544 Å². The molecular formula is C56H44InN8Na3O10S3. The van der Waals surface area contributed by atoms with Crippen molar-refractivity contribution in [2.24, 2.45) is 30.0 Å². The summed E-state index contributed by atoms with van der Waals surface area (Å²) >= 11 is -4.48. The molecule has 25 heteroatoms. The zero-order chi connectivity index (χ0) is 53.4. The van der Waals surface area contributed by atoms with Gasteiger partial charge in [-0.2, -0.15) is 0 Å². The molecule has 0 unspecified atom stereocenters. The summed E-state index contributed by atoms with van der Waals surface area (Å²) in [6, 6.07) is 38.0. The SMILES string of the molecule is CCCCc1ccc2cc3c4[n]5c(c3cc2c1)N=C1N=C(N=c2c3cc6ccc(CCCC)cc6cc3c([n]2[In]5[O]S(=O)(=O)O)=NC2=NC(=N4)c3cc4ccc(SOOO)cc4cc32)c2cc3ccc(S(=O)(=O)O)cc3cc21.[H-].[H-].[H-].[Na+].[Na+].[Na+]. The van der Waals surface area contributed by atoms with Gasteiger partial charge in [0.15, 0.2) is 0 Å². The molecule has 81 heavy (non-hydrogen) atoms. The summed E-state index contributed by atoms with van der Waals surface area (Å²) in [4.78, 5) is 32.4. The number of hydrogen-bond donors (Lipinski definition) is 3.